The van der Waals surface area contributed by atoms with E-state index in [2.05, 4.69) is 20.1 Å². The van der Waals surface area contributed by atoms with Crippen molar-refractivity contribution in [1.82, 2.24) is 15.2 Å². The number of halogens is 2. The number of non-ortho nitro benzene ring substituents is 1. The largest absolute Gasteiger partial charge is 0.351 e. The maximum absolute atomic E-state index is 12.3. The maximum atomic E-state index is 12.3. The molecule has 1 aliphatic heterocycles. The average molecular weight is 480 g/mol. The molecule has 1 aromatic heterocycles. The highest BCUT2D eigenvalue weighted by Crippen LogP contribution is 2.31. The molecule has 0 aliphatic carbocycles. The molecule has 1 N–H and O–H groups in total. The second-order valence-electron chi connectivity index (χ2n) is 7.11. The number of benzene rings is 2. The number of nitrogens with one attached hydrogen (secondary N) is 1. The molecule has 0 atom stereocenters. The van der Waals surface area contributed by atoms with Gasteiger partial charge in [0.05, 0.1) is 25.7 Å². The minimum atomic E-state index is -0.392. The zero-order chi connectivity index (χ0) is 22.0. The van der Waals surface area contributed by atoms with E-state index in [1.807, 2.05) is 0 Å². The van der Waals surface area contributed by atoms with Crippen molar-refractivity contribution >= 4 is 61.5 Å². The lowest BCUT2D eigenvalue weighted by Crippen LogP contribution is -2.48. The second kappa shape index (κ2) is 9.35. The summed E-state index contributed by atoms with van der Waals surface area (Å²) in [4.78, 5) is 32.0. The molecule has 8 nitrogen and oxygen atoms in total. The van der Waals surface area contributed by atoms with Gasteiger partial charge in [-0.15, -0.1) is 0 Å². The van der Waals surface area contributed by atoms with Gasteiger partial charge in [-0.05, 0) is 24.3 Å². The number of aromatic nitrogens is 1. The third-order valence-electron chi connectivity index (χ3n) is 5.10. The molecule has 2 aromatic carbocycles. The summed E-state index contributed by atoms with van der Waals surface area (Å²) in [7, 11) is 0. The molecule has 0 saturated carbocycles. The predicted molar refractivity (Wildman–Crippen MR) is 124 cm³/mol. The van der Waals surface area contributed by atoms with Gasteiger partial charge in [0, 0.05) is 56.4 Å². The van der Waals surface area contributed by atoms with Crippen molar-refractivity contribution in [2.45, 2.75) is 0 Å². The van der Waals surface area contributed by atoms with Crippen molar-refractivity contribution in [3.63, 3.8) is 0 Å². The van der Waals surface area contributed by atoms with Crippen LogP contribution in [0.2, 0.25) is 10.0 Å². The molecule has 162 valence electrons. The smallest absolute Gasteiger partial charge is 0.270 e. The van der Waals surface area contributed by atoms with Crippen molar-refractivity contribution in [3.8, 4) is 0 Å². The van der Waals surface area contributed by atoms with E-state index in [1.54, 1.807) is 30.3 Å². The first-order valence-corrected chi connectivity index (χ1v) is 11.2. The molecule has 1 amide bonds. The highest BCUT2D eigenvalue weighted by atomic mass is 35.5. The van der Waals surface area contributed by atoms with E-state index < -0.39 is 4.92 Å². The van der Waals surface area contributed by atoms with Crippen LogP contribution < -0.4 is 10.2 Å². The van der Waals surface area contributed by atoms with Crippen LogP contribution in [0.1, 0.15) is 10.4 Å². The summed E-state index contributed by atoms with van der Waals surface area (Å²) in [6.45, 7) is 4.54. The summed E-state index contributed by atoms with van der Waals surface area (Å²) in [5, 5.41) is 15.6. The monoisotopic (exact) mass is 479 g/mol. The first kappa shape index (κ1) is 21.8. The number of hydrogen-bond donors (Lipinski definition) is 1. The lowest BCUT2D eigenvalue weighted by atomic mass is 10.2. The molecular weight excluding hydrogens is 461 g/mol. The number of fused-ring (bicyclic) bond motifs is 1. The lowest BCUT2D eigenvalue weighted by Gasteiger charge is -2.34. The molecule has 2 heterocycles. The average Bonchev–Trinajstić information content (AvgIpc) is 3.17. The number of nitro benzene ring substituents is 1. The molecule has 0 bridgehead atoms. The van der Waals surface area contributed by atoms with Crippen molar-refractivity contribution in [2.24, 2.45) is 0 Å². The Bertz CT molecular complexity index is 1130. The number of nitro groups is 1. The molecule has 1 fully saturated rings. The van der Waals surface area contributed by atoms with Gasteiger partial charge in [-0.2, -0.15) is 0 Å². The molecule has 1 saturated heterocycles. The van der Waals surface area contributed by atoms with Gasteiger partial charge in [0.25, 0.3) is 11.6 Å². The molecular formula is C20H19Cl2N5O3S. The van der Waals surface area contributed by atoms with Crippen LogP contribution in [0.25, 0.3) is 10.2 Å². The predicted octanol–water partition coefficient (Wildman–Crippen LogP) is 4.06. The van der Waals surface area contributed by atoms with Gasteiger partial charge < -0.3 is 10.2 Å². The number of piperazine rings is 1. The Morgan fingerprint density at radius 2 is 1.94 bits per heavy atom. The summed E-state index contributed by atoms with van der Waals surface area (Å²) >= 11 is 13.4. The molecule has 1 aliphatic rings. The fourth-order valence-corrected chi connectivity index (χ4v) is 4.95. The van der Waals surface area contributed by atoms with Crippen LogP contribution in [0.4, 0.5) is 10.8 Å². The zero-order valence-corrected chi connectivity index (χ0v) is 18.7. The lowest BCUT2D eigenvalue weighted by molar-refractivity contribution is -0.384. The molecule has 0 unspecified atom stereocenters. The number of carbonyl (C=O) groups excluding carboxylic acids is 1. The Morgan fingerprint density at radius 3 is 2.65 bits per heavy atom. The SMILES string of the molecule is O=C(NCCN1CCN(c2nc3ccc([N+](=O)[O-])cc3s2)CC1)c1ccc(Cl)cc1Cl. The molecule has 31 heavy (non-hydrogen) atoms. The van der Waals surface area contributed by atoms with Crippen molar-refractivity contribution < 1.29 is 9.72 Å². The Hall–Kier alpha value is -2.46. The van der Waals surface area contributed by atoms with Crippen LogP contribution in [0, 0.1) is 10.1 Å². The fraction of sp³-hybridized carbons (Fsp3) is 0.300. The van der Waals surface area contributed by atoms with Crippen LogP contribution in [-0.4, -0.2) is 60.0 Å². The minimum absolute atomic E-state index is 0.0782. The topological polar surface area (TPSA) is 91.6 Å². The number of amides is 1. The quantitative estimate of drug-likeness (QED) is 0.423. The first-order valence-electron chi connectivity index (χ1n) is 9.66. The Balaban J connectivity index is 1.27. The summed E-state index contributed by atoms with van der Waals surface area (Å²) in [5.41, 5.74) is 1.26. The Kier molecular flexibility index (Phi) is 6.57. The van der Waals surface area contributed by atoms with E-state index in [4.69, 9.17) is 23.2 Å². The van der Waals surface area contributed by atoms with E-state index in [9.17, 15) is 14.9 Å². The zero-order valence-electron chi connectivity index (χ0n) is 16.4. The van der Waals surface area contributed by atoms with E-state index >= 15 is 0 Å². The van der Waals surface area contributed by atoms with E-state index in [0.29, 0.717) is 22.2 Å². The van der Waals surface area contributed by atoms with Gasteiger partial charge in [0.2, 0.25) is 0 Å². The molecule has 0 radical (unpaired) electrons. The van der Waals surface area contributed by atoms with Gasteiger partial charge in [-0.3, -0.25) is 19.8 Å². The van der Waals surface area contributed by atoms with Crippen LogP contribution in [0.3, 0.4) is 0 Å². The molecule has 0 spiro atoms. The summed E-state index contributed by atoms with van der Waals surface area (Å²) in [5.74, 6) is -0.219. The standard InChI is InChI=1S/C20H19Cl2N5O3S/c21-13-1-3-15(16(22)11-13)19(28)23-5-6-25-7-9-26(10-8-25)20-24-17-4-2-14(27(29)30)12-18(17)31-20/h1-4,11-12H,5-10H2,(H,23,28). The second-order valence-corrected chi connectivity index (χ2v) is 8.97. The summed E-state index contributed by atoms with van der Waals surface area (Å²) < 4.78 is 0.815. The van der Waals surface area contributed by atoms with Gasteiger partial charge in [-0.25, -0.2) is 4.98 Å². The third-order valence-corrected chi connectivity index (χ3v) is 6.73. The van der Waals surface area contributed by atoms with E-state index in [1.165, 1.54) is 17.4 Å². The van der Waals surface area contributed by atoms with Crippen molar-refractivity contribution in [3.05, 3.63) is 62.1 Å². The summed E-state index contributed by atoms with van der Waals surface area (Å²) in [6.07, 6.45) is 0. The normalized spacial score (nSPS) is 14.7. The van der Waals surface area contributed by atoms with Crippen LogP contribution in [0.15, 0.2) is 36.4 Å². The number of rotatable bonds is 6. The third kappa shape index (κ3) is 5.07. The molecule has 11 heteroatoms. The number of carbonyl (C=O) groups is 1. The fourth-order valence-electron chi connectivity index (χ4n) is 3.41. The Morgan fingerprint density at radius 1 is 1.16 bits per heavy atom. The van der Waals surface area contributed by atoms with Gasteiger partial charge in [0.1, 0.15) is 0 Å². The van der Waals surface area contributed by atoms with Crippen LogP contribution in [0.5, 0.6) is 0 Å². The number of hydrogen-bond acceptors (Lipinski definition) is 7. The molecule has 4 rings (SSSR count). The summed E-state index contributed by atoms with van der Waals surface area (Å²) in [6, 6.07) is 9.56. The van der Waals surface area contributed by atoms with Crippen LogP contribution >= 0.6 is 34.5 Å². The number of anilines is 1. The first-order chi connectivity index (χ1) is 14.9. The highest BCUT2D eigenvalue weighted by molar-refractivity contribution is 7.22. The van der Waals surface area contributed by atoms with Crippen molar-refractivity contribution in [2.75, 3.05) is 44.2 Å². The minimum Gasteiger partial charge on any atom is -0.351 e. The van der Waals surface area contributed by atoms with Gasteiger partial charge in [0.15, 0.2) is 5.13 Å². The van der Waals surface area contributed by atoms with Gasteiger partial charge >= 0.3 is 0 Å². The highest BCUT2D eigenvalue weighted by Gasteiger charge is 2.21. The number of thiazole rings is 1. The Labute approximate surface area is 192 Å². The van der Waals surface area contributed by atoms with E-state index in [0.717, 1.165) is 48.1 Å². The number of nitrogens with zero attached hydrogens (tertiary/aromatic N) is 4. The van der Waals surface area contributed by atoms with E-state index in [-0.39, 0.29) is 11.6 Å². The maximum Gasteiger partial charge on any atom is 0.270 e. The van der Waals surface area contributed by atoms with Crippen molar-refractivity contribution in [1.29, 1.82) is 0 Å². The van der Waals surface area contributed by atoms with Crippen LogP contribution in [-0.2, 0) is 0 Å². The molecule has 3 aromatic rings. The van der Waals surface area contributed by atoms with Gasteiger partial charge in [-0.1, -0.05) is 34.5 Å².